The van der Waals surface area contributed by atoms with Crippen molar-refractivity contribution in [3.8, 4) is 5.69 Å². The van der Waals surface area contributed by atoms with Gasteiger partial charge in [0.05, 0.1) is 24.2 Å². The van der Waals surface area contributed by atoms with Crippen LogP contribution in [0.25, 0.3) is 16.7 Å². The number of hydrogen-bond donors (Lipinski definition) is 1. The number of carbonyl (C=O) groups excluding carboxylic acids is 2. The summed E-state index contributed by atoms with van der Waals surface area (Å²) in [5.41, 5.74) is 2.42. The summed E-state index contributed by atoms with van der Waals surface area (Å²) in [6.07, 6.45) is 1.77. The molecule has 2 amide bonds. The van der Waals surface area contributed by atoms with Crippen molar-refractivity contribution in [2.75, 3.05) is 26.0 Å². The average Bonchev–Trinajstić information content (AvgIpc) is 3.23. The van der Waals surface area contributed by atoms with Crippen LogP contribution in [-0.2, 0) is 14.8 Å². The lowest BCUT2D eigenvalue weighted by molar-refractivity contribution is 0.0970. The first kappa shape index (κ1) is 26.5. The third-order valence-electron chi connectivity index (χ3n) is 6.28. The molecule has 1 fully saturated rings. The summed E-state index contributed by atoms with van der Waals surface area (Å²) in [5, 5.41) is 5.55. The van der Waals surface area contributed by atoms with Crippen molar-refractivity contribution >= 4 is 33.1 Å². The van der Waals surface area contributed by atoms with E-state index >= 15 is 0 Å². The van der Waals surface area contributed by atoms with Crippen LogP contribution in [-0.4, -0.2) is 66.0 Å². The highest BCUT2D eigenvalue weighted by atomic mass is 32.2. The normalized spacial score (nSPS) is 14.8. The van der Waals surface area contributed by atoms with Gasteiger partial charge < -0.3 is 9.64 Å². The molecule has 10 nitrogen and oxygen atoms in total. The highest BCUT2D eigenvalue weighted by Gasteiger charge is 2.30. The zero-order valence-corrected chi connectivity index (χ0v) is 22.0. The molecule has 3 heterocycles. The summed E-state index contributed by atoms with van der Waals surface area (Å²) in [7, 11) is -3.82. The molecular weight excluding hydrogens is 501 g/mol. The Bertz CT molecular complexity index is 1430. The van der Waals surface area contributed by atoms with E-state index in [0.29, 0.717) is 43.9 Å². The van der Waals surface area contributed by atoms with Gasteiger partial charge in [0.2, 0.25) is 10.0 Å². The van der Waals surface area contributed by atoms with Gasteiger partial charge in [-0.25, -0.2) is 32.0 Å². The molecule has 1 saturated heterocycles. The van der Waals surface area contributed by atoms with Crippen molar-refractivity contribution in [2.45, 2.75) is 45.4 Å². The van der Waals surface area contributed by atoms with E-state index in [9.17, 15) is 22.4 Å². The Labute approximate surface area is 214 Å². The third-order valence-corrected chi connectivity index (χ3v) is 6.84. The number of halogens is 1. The number of aromatic nitrogens is 3. The lowest BCUT2D eigenvalue weighted by Gasteiger charge is -2.32. The van der Waals surface area contributed by atoms with E-state index in [2.05, 4.69) is 4.98 Å². The van der Waals surface area contributed by atoms with Gasteiger partial charge in [0.25, 0.3) is 5.91 Å². The predicted octanol–water partition coefficient (Wildman–Crippen LogP) is 3.71. The Balaban J connectivity index is 1.87. The maximum atomic E-state index is 13.6. The van der Waals surface area contributed by atoms with Gasteiger partial charge in [-0.15, -0.1) is 0 Å². The lowest BCUT2D eigenvalue weighted by Crippen LogP contribution is -2.38. The molecule has 4 rings (SSSR count). The molecule has 198 valence electrons. The Kier molecular flexibility index (Phi) is 7.49. The van der Waals surface area contributed by atoms with Gasteiger partial charge in [-0.05, 0) is 67.5 Å². The number of hydrogen-bond acceptors (Lipinski definition) is 7. The van der Waals surface area contributed by atoms with E-state index in [0.717, 1.165) is 22.9 Å². The largest absolute Gasteiger partial charge is 0.450 e. The minimum atomic E-state index is -3.82. The fourth-order valence-corrected chi connectivity index (χ4v) is 5.03. The first-order valence-corrected chi connectivity index (χ1v) is 14.0. The second-order valence-electron chi connectivity index (χ2n) is 9.39. The van der Waals surface area contributed by atoms with E-state index in [-0.39, 0.29) is 23.6 Å². The zero-order chi connectivity index (χ0) is 26.9. The molecule has 2 aromatic heterocycles. The van der Waals surface area contributed by atoms with Gasteiger partial charge in [0, 0.05) is 18.5 Å². The second kappa shape index (κ2) is 10.4. The molecular formula is C25H30FN5O5S. The SMILES string of the molecule is CCOC(=O)N1CCC(c2cc(C(=O)NS(C)(=O)=O)nc3c2c(C(C)C)nn3-c2ccc(F)cc2)CC1. The number of nitrogens with zero attached hydrogens (tertiary/aromatic N) is 4. The van der Waals surface area contributed by atoms with Crippen molar-refractivity contribution in [3.05, 3.63) is 53.1 Å². The maximum absolute atomic E-state index is 13.6. The van der Waals surface area contributed by atoms with Crippen molar-refractivity contribution in [1.82, 2.24) is 24.4 Å². The number of nitrogens with one attached hydrogen (secondary N) is 1. The smallest absolute Gasteiger partial charge is 0.409 e. The Morgan fingerprint density at radius 3 is 2.41 bits per heavy atom. The first-order chi connectivity index (χ1) is 17.5. The van der Waals surface area contributed by atoms with Crippen LogP contribution < -0.4 is 4.72 Å². The Hall–Kier alpha value is -3.54. The summed E-state index contributed by atoms with van der Waals surface area (Å²) >= 11 is 0. The number of amides is 2. The number of likely N-dealkylation sites (tertiary alicyclic amines) is 1. The number of rotatable bonds is 6. The predicted molar refractivity (Wildman–Crippen MR) is 136 cm³/mol. The number of carbonyl (C=O) groups is 2. The van der Waals surface area contributed by atoms with Crippen LogP contribution in [0.2, 0.25) is 0 Å². The van der Waals surface area contributed by atoms with Crippen LogP contribution in [0.1, 0.15) is 67.2 Å². The average molecular weight is 532 g/mol. The Morgan fingerprint density at radius 1 is 1.19 bits per heavy atom. The van der Waals surface area contributed by atoms with Crippen LogP contribution in [0.15, 0.2) is 30.3 Å². The van der Waals surface area contributed by atoms with Crippen LogP contribution in [0.3, 0.4) is 0 Å². The van der Waals surface area contributed by atoms with Crippen molar-refractivity contribution in [3.63, 3.8) is 0 Å². The minimum absolute atomic E-state index is 0.0000606. The van der Waals surface area contributed by atoms with Gasteiger partial charge >= 0.3 is 6.09 Å². The van der Waals surface area contributed by atoms with Gasteiger partial charge in [-0.3, -0.25) is 4.79 Å². The molecule has 12 heteroatoms. The van der Waals surface area contributed by atoms with Crippen molar-refractivity contribution in [1.29, 1.82) is 0 Å². The topological polar surface area (TPSA) is 123 Å². The Morgan fingerprint density at radius 2 is 1.84 bits per heavy atom. The van der Waals surface area contributed by atoms with Gasteiger partial charge in [-0.1, -0.05) is 13.8 Å². The third kappa shape index (κ3) is 5.74. The van der Waals surface area contributed by atoms with E-state index < -0.39 is 21.7 Å². The molecule has 37 heavy (non-hydrogen) atoms. The second-order valence-corrected chi connectivity index (χ2v) is 11.1. The molecule has 0 saturated carbocycles. The monoisotopic (exact) mass is 531 g/mol. The van der Waals surface area contributed by atoms with E-state index in [1.165, 1.54) is 12.1 Å². The summed E-state index contributed by atoms with van der Waals surface area (Å²) in [6.45, 7) is 6.99. The summed E-state index contributed by atoms with van der Waals surface area (Å²) in [5.74, 6) is -1.29. The highest BCUT2D eigenvalue weighted by Crippen LogP contribution is 2.37. The first-order valence-electron chi connectivity index (χ1n) is 12.1. The van der Waals surface area contributed by atoms with Gasteiger partial charge in [-0.2, -0.15) is 5.10 Å². The standard InChI is InChI=1S/C25H30FN5O5S/c1-5-36-25(33)30-12-10-16(11-13-30)19-14-20(24(32)29-37(4,34)35)27-23-21(19)22(15(2)3)28-31(23)18-8-6-17(26)7-9-18/h6-9,14-16H,5,10-13H2,1-4H3,(H,29,32). The number of pyridine rings is 1. The molecule has 1 aliphatic heterocycles. The number of ether oxygens (including phenoxy) is 1. The molecule has 0 aliphatic carbocycles. The molecule has 1 aliphatic rings. The van der Waals surface area contributed by atoms with Crippen LogP contribution in [0.5, 0.6) is 0 Å². The van der Waals surface area contributed by atoms with Crippen molar-refractivity contribution in [2.24, 2.45) is 0 Å². The lowest BCUT2D eigenvalue weighted by atomic mass is 9.86. The summed E-state index contributed by atoms with van der Waals surface area (Å²) < 4.78 is 45.8. The fraction of sp³-hybridized carbons (Fsp3) is 0.440. The molecule has 0 radical (unpaired) electrons. The molecule has 0 unspecified atom stereocenters. The zero-order valence-electron chi connectivity index (χ0n) is 21.2. The molecule has 1 aromatic carbocycles. The molecule has 1 N–H and O–H groups in total. The maximum Gasteiger partial charge on any atom is 0.409 e. The highest BCUT2D eigenvalue weighted by molar-refractivity contribution is 7.89. The molecule has 0 atom stereocenters. The summed E-state index contributed by atoms with van der Waals surface area (Å²) in [6, 6.07) is 7.37. The quantitative estimate of drug-likeness (QED) is 0.514. The number of benzene rings is 1. The number of sulfonamides is 1. The van der Waals surface area contributed by atoms with Gasteiger partial charge in [0.15, 0.2) is 5.65 Å². The molecule has 0 spiro atoms. The van der Waals surface area contributed by atoms with Crippen LogP contribution in [0.4, 0.5) is 9.18 Å². The minimum Gasteiger partial charge on any atom is -0.450 e. The fourth-order valence-electron chi connectivity index (χ4n) is 4.58. The van der Waals surface area contributed by atoms with E-state index in [4.69, 9.17) is 9.84 Å². The number of fused-ring (bicyclic) bond motifs is 1. The van der Waals surface area contributed by atoms with Gasteiger partial charge in [0.1, 0.15) is 11.5 Å². The summed E-state index contributed by atoms with van der Waals surface area (Å²) in [4.78, 5) is 31.3. The van der Waals surface area contributed by atoms with Crippen LogP contribution in [0, 0.1) is 5.82 Å². The number of piperidine rings is 1. The van der Waals surface area contributed by atoms with Crippen molar-refractivity contribution < 1.29 is 27.1 Å². The van der Waals surface area contributed by atoms with Crippen LogP contribution >= 0.6 is 0 Å². The van der Waals surface area contributed by atoms with E-state index in [1.807, 2.05) is 18.6 Å². The molecule has 3 aromatic rings. The van der Waals surface area contributed by atoms with E-state index in [1.54, 1.807) is 34.7 Å². The molecule has 0 bridgehead atoms.